The van der Waals surface area contributed by atoms with E-state index in [1.165, 1.54) is 11.3 Å². The molecule has 5 aromatic rings. The number of aromatic nitrogens is 3. The minimum Gasteiger partial charge on any atom is -0.497 e. The van der Waals surface area contributed by atoms with Crippen LogP contribution in [0.2, 0.25) is 0 Å². The molecule has 0 aliphatic carbocycles. The summed E-state index contributed by atoms with van der Waals surface area (Å²) >= 11 is 1.49. The second-order valence-electron chi connectivity index (χ2n) is 8.63. The fourth-order valence-electron chi connectivity index (χ4n) is 4.76. The Hall–Kier alpha value is -4.17. The van der Waals surface area contributed by atoms with Crippen LogP contribution in [0.5, 0.6) is 5.75 Å². The maximum Gasteiger partial charge on any atom is 0.264 e. The van der Waals surface area contributed by atoms with Gasteiger partial charge in [0.1, 0.15) is 17.9 Å². The van der Waals surface area contributed by atoms with Crippen LogP contribution in [-0.4, -0.2) is 58.6 Å². The highest BCUT2D eigenvalue weighted by Gasteiger charge is 2.26. The molecule has 180 valence electrons. The zero-order chi connectivity index (χ0) is 24.5. The van der Waals surface area contributed by atoms with Crippen molar-refractivity contribution in [2.45, 2.75) is 0 Å². The van der Waals surface area contributed by atoms with E-state index in [9.17, 15) is 4.79 Å². The van der Waals surface area contributed by atoms with Gasteiger partial charge in [-0.05, 0) is 29.1 Å². The van der Waals surface area contributed by atoms with Crippen LogP contribution >= 0.6 is 11.3 Å². The Labute approximate surface area is 213 Å². The number of rotatable bonds is 5. The summed E-state index contributed by atoms with van der Waals surface area (Å²) in [5.74, 6) is 1.78. The minimum atomic E-state index is 0.103. The quantitative estimate of drug-likeness (QED) is 0.339. The van der Waals surface area contributed by atoms with Crippen LogP contribution in [0.1, 0.15) is 9.67 Å². The number of thiophene rings is 1. The number of amides is 1. The summed E-state index contributed by atoms with van der Waals surface area (Å²) in [5.41, 5.74) is 3.98. The van der Waals surface area contributed by atoms with Crippen molar-refractivity contribution >= 4 is 34.1 Å². The Bertz CT molecular complexity index is 1510. The number of carbonyl (C=O) groups excluding carboxylic acids is 1. The number of piperazine rings is 1. The lowest BCUT2D eigenvalue weighted by Crippen LogP contribution is -2.49. The van der Waals surface area contributed by atoms with E-state index >= 15 is 0 Å². The normalized spacial score (nSPS) is 13.8. The highest BCUT2D eigenvalue weighted by Crippen LogP contribution is 2.37. The Kier molecular flexibility index (Phi) is 5.87. The third-order valence-electron chi connectivity index (χ3n) is 6.58. The molecule has 1 amide bonds. The third kappa shape index (κ3) is 3.99. The highest BCUT2D eigenvalue weighted by molar-refractivity contribution is 7.12. The van der Waals surface area contributed by atoms with Crippen LogP contribution in [-0.2, 0) is 0 Å². The van der Waals surface area contributed by atoms with Crippen molar-refractivity contribution in [1.29, 1.82) is 0 Å². The van der Waals surface area contributed by atoms with Crippen molar-refractivity contribution in [3.05, 3.63) is 89.5 Å². The van der Waals surface area contributed by atoms with E-state index in [4.69, 9.17) is 14.7 Å². The molecule has 0 radical (unpaired) electrons. The molecule has 36 heavy (non-hydrogen) atoms. The number of hydrogen-bond donors (Lipinski definition) is 0. The van der Waals surface area contributed by atoms with Gasteiger partial charge in [0.15, 0.2) is 5.65 Å². The average molecular weight is 496 g/mol. The van der Waals surface area contributed by atoms with Crippen LogP contribution in [0.25, 0.3) is 27.8 Å². The topological polar surface area (TPSA) is 63.5 Å². The minimum absolute atomic E-state index is 0.103. The molecule has 6 rings (SSSR count). The summed E-state index contributed by atoms with van der Waals surface area (Å²) in [6, 6.07) is 22.1. The lowest BCUT2D eigenvalue weighted by molar-refractivity contribution is 0.0751. The van der Waals surface area contributed by atoms with Gasteiger partial charge in [-0.15, -0.1) is 11.3 Å². The molecule has 3 aromatic heterocycles. The smallest absolute Gasteiger partial charge is 0.264 e. The molecule has 4 heterocycles. The van der Waals surface area contributed by atoms with Crippen LogP contribution in [0.3, 0.4) is 0 Å². The van der Waals surface area contributed by atoms with E-state index in [-0.39, 0.29) is 5.91 Å². The molecular formula is C28H25N5O2S. The molecule has 1 aliphatic rings. The van der Waals surface area contributed by atoms with Gasteiger partial charge in [0.25, 0.3) is 5.91 Å². The van der Waals surface area contributed by atoms with E-state index in [0.717, 1.165) is 44.3 Å². The van der Waals surface area contributed by atoms with E-state index in [2.05, 4.69) is 27.8 Å². The molecule has 1 aliphatic heterocycles. The standard InChI is InChI=1S/C28H25N5O2S/c1-35-22-10-5-9-21(17-22)33-18-23(20-7-3-2-4-8-20)25-26(29-19-30-27(25)33)31-12-14-32(15-13-31)28(34)24-11-6-16-36-24/h2-11,16-19H,12-15H2,1H3. The number of nitrogens with zero attached hydrogens (tertiary/aromatic N) is 5. The van der Waals surface area contributed by atoms with Gasteiger partial charge >= 0.3 is 0 Å². The Morgan fingerprint density at radius 1 is 0.944 bits per heavy atom. The first kappa shape index (κ1) is 22.3. The van der Waals surface area contributed by atoms with Crippen molar-refractivity contribution in [3.8, 4) is 22.6 Å². The number of benzene rings is 2. The fraction of sp³-hybridized carbons (Fsp3) is 0.179. The molecule has 0 saturated carbocycles. The molecule has 1 saturated heterocycles. The Morgan fingerprint density at radius 2 is 1.78 bits per heavy atom. The number of fused-ring (bicyclic) bond motifs is 1. The monoisotopic (exact) mass is 495 g/mol. The Balaban J connectivity index is 1.41. The summed E-state index contributed by atoms with van der Waals surface area (Å²) < 4.78 is 7.57. The second-order valence-corrected chi connectivity index (χ2v) is 9.58. The van der Waals surface area contributed by atoms with E-state index in [0.29, 0.717) is 26.2 Å². The van der Waals surface area contributed by atoms with Crippen molar-refractivity contribution < 1.29 is 9.53 Å². The maximum atomic E-state index is 12.8. The summed E-state index contributed by atoms with van der Waals surface area (Å²) in [6.45, 7) is 2.72. The molecule has 2 aromatic carbocycles. The summed E-state index contributed by atoms with van der Waals surface area (Å²) in [7, 11) is 1.67. The van der Waals surface area contributed by atoms with Crippen LogP contribution in [0, 0.1) is 0 Å². The third-order valence-corrected chi connectivity index (χ3v) is 7.44. The number of anilines is 1. The Morgan fingerprint density at radius 3 is 2.53 bits per heavy atom. The average Bonchev–Trinajstić information content (AvgIpc) is 3.62. The van der Waals surface area contributed by atoms with Crippen molar-refractivity contribution in [1.82, 2.24) is 19.4 Å². The molecule has 0 bridgehead atoms. The number of ether oxygens (including phenoxy) is 1. The lowest BCUT2D eigenvalue weighted by atomic mass is 10.1. The SMILES string of the molecule is COc1cccc(-n2cc(-c3ccccc3)c3c(N4CCN(C(=O)c5cccs5)CC4)ncnc32)c1. The van der Waals surface area contributed by atoms with Gasteiger partial charge in [0.2, 0.25) is 0 Å². The molecule has 0 atom stereocenters. The fourth-order valence-corrected chi connectivity index (χ4v) is 5.45. The molecule has 8 heteroatoms. The molecule has 0 spiro atoms. The van der Waals surface area contributed by atoms with Gasteiger partial charge in [-0.1, -0.05) is 42.5 Å². The predicted molar refractivity (Wildman–Crippen MR) is 143 cm³/mol. The van der Waals surface area contributed by atoms with Crippen LogP contribution in [0.15, 0.2) is 84.6 Å². The van der Waals surface area contributed by atoms with E-state index in [1.54, 1.807) is 13.4 Å². The van der Waals surface area contributed by atoms with E-state index < -0.39 is 0 Å². The van der Waals surface area contributed by atoms with Gasteiger partial charge in [0.05, 0.1) is 23.1 Å². The first-order valence-corrected chi connectivity index (χ1v) is 12.7. The van der Waals surface area contributed by atoms with Crippen molar-refractivity contribution in [3.63, 3.8) is 0 Å². The largest absolute Gasteiger partial charge is 0.497 e. The predicted octanol–water partition coefficient (Wildman–Crippen LogP) is 5.12. The first-order valence-electron chi connectivity index (χ1n) is 11.9. The summed E-state index contributed by atoms with van der Waals surface area (Å²) in [5, 5.41) is 2.95. The van der Waals surface area contributed by atoms with Crippen molar-refractivity contribution in [2.24, 2.45) is 0 Å². The molecule has 0 unspecified atom stereocenters. The molecule has 7 nitrogen and oxygen atoms in total. The maximum absolute atomic E-state index is 12.8. The summed E-state index contributed by atoms with van der Waals surface area (Å²) in [4.78, 5) is 27.3. The zero-order valence-electron chi connectivity index (χ0n) is 19.9. The first-order chi connectivity index (χ1) is 17.7. The lowest BCUT2D eigenvalue weighted by Gasteiger charge is -2.35. The van der Waals surface area contributed by atoms with E-state index in [1.807, 2.05) is 64.9 Å². The van der Waals surface area contributed by atoms with Gasteiger partial charge in [0, 0.05) is 44.0 Å². The molecule has 0 N–H and O–H groups in total. The second kappa shape index (κ2) is 9.47. The number of hydrogen-bond acceptors (Lipinski definition) is 6. The highest BCUT2D eigenvalue weighted by atomic mass is 32.1. The zero-order valence-corrected chi connectivity index (χ0v) is 20.7. The van der Waals surface area contributed by atoms with Crippen LogP contribution in [0.4, 0.5) is 5.82 Å². The number of carbonyl (C=O) groups is 1. The van der Waals surface area contributed by atoms with Gasteiger partial charge in [-0.2, -0.15) is 0 Å². The number of methoxy groups -OCH3 is 1. The molecule has 1 fully saturated rings. The van der Waals surface area contributed by atoms with Crippen LogP contribution < -0.4 is 9.64 Å². The molecular weight excluding hydrogens is 470 g/mol. The van der Waals surface area contributed by atoms with Gasteiger partial charge in [-0.25, -0.2) is 9.97 Å². The van der Waals surface area contributed by atoms with Gasteiger partial charge < -0.3 is 19.1 Å². The van der Waals surface area contributed by atoms with Crippen molar-refractivity contribution in [2.75, 3.05) is 38.2 Å². The summed E-state index contributed by atoms with van der Waals surface area (Å²) in [6.07, 6.45) is 3.76. The van der Waals surface area contributed by atoms with Gasteiger partial charge in [-0.3, -0.25) is 4.79 Å².